The van der Waals surface area contributed by atoms with Gasteiger partial charge in [0.05, 0.1) is 20.3 Å². The zero-order chi connectivity index (χ0) is 26.1. The fraction of sp³-hybridized carbons (Fsp3) is 0.520. The van der Waals surface area contributed by atoms with Crippen LogP contribution in [0.3, 0.4) is 0 Å². The van der Waals surface area contributed by atoms with Crippen molar-refractivity contribution in [1.29, 1.82) is 0 Å². The Hall–Kier alpha value is -2.16. The van der Waals surface area contributed by atoms with Crippen molar-refractivity contribution >= 4 is 0 Å². The maximum absolute atomic E-state index is 10.5. The summed E-state index contributed by atoms with van der Waals surface area (Å²) in [6, 6.07) is 12.0. The lowest BCUT2D eigenvalue weighted by atomic mass is 9.89. The van der Waals surface area contributed by atoms with E-state index in [0.29, 0.717) is 16.9 Å². The van der Waals surface area contributed by atoms with E-state index in [9.17, 15) is 40.9 Å². The average molecular weight is 509 g/mol. The highest BCUT2D eigenvalue weighted by molar-refractivity contribution is 5.66. The molecule has 11 nitrogen and oxygen atoms in total. The Bertz CT molecular complexity index is 1010. The number of hydrogen-bond donors (Lipinski definition) is 8. The Morgan fingerprint density at radius 3 is 1.67 bits per heavy atom. The van der Waals surface area contributed by atoms with Gasteiger partial charge in [-0.05, 0) is 22.8 Å². The second kappa shape index (κ2) is 11.1. The Kier molecular flexibility index (Phi) is 8.27. The van der Waals surface area contributed by atoms with Gasteiger partial charge in [0.25, 0.3) is 0 Å². The molecule has 0 bridgehead atoms. The van der Waals surface area contributed by atoms with Crippen molar-refractivity contribution in [2.75, 3.05) is 20.3 Å². The number of aliphatic hydroxyl groups is 8. The topological polar surface area (TPSA) is 190 Å². The lowest BCUT2D eigenvalue weighted by Crippen LogP contribution is -2.55. The van der Waals surface area contributed by atoms with Crippen LogP contribution in [0.4, 0.5) is 0 Å². The Morgan fingerprint density at radius 2 is 1.14 bits per heavy atom. The van der Waals surface area contributed by atoms with E-state index in [2.05, 4.69) is 0 Å². The van der Waals surface area contributed by atoms with Gasteiger partial charge in [-0.3, -0.25) is 0 Å². The molecule has 0 spiro atoms. The summed E-state index contributed by atoms with van der Waals surface area (Å²) in [6.07, 6.45) is -12.8. The second-order valence-electron chi connectivity index (χ2n) is 9.08. The van der Waals surface area contributed by atoms with Gasteiger partial charge in [-0.25, -0.2) is 0 Å². The van der Waals surface area contributed by atoms with E-state index < -0.39 is 74.3 Å². The van der Waals surface area contributed by atoms with Gasteiger partial charge in [-0.1, -0.05) is 36.4 Å². The molecule has 2 aliphatic heterocycles. The molecule has 0 unspecified atom stereocenters. The molecule has 0 aromatic heterocycles. The predicted octanol–water partition coefficient (Wildman–Crippen LogP) is -1.61. The van der Waals surface area contributed by atoms with Crippen LogP contribution in [0.1, 0.15) is 23.3 Å². The normalized spacial score (nSPS) is 37.0. The van der Waals surface area contributed by atoms with Crippen LogP contribution in [0.2, 0.25) is 0 Å². The third-order valence-electron chi connectivity index (χ3n) is 6.90. The van der Waals surface area contributed by atoms with Crippen molar-refractivity contribution < 1.29 is 55.1 Å². The maximum atomic E-state index is 10.5. The van der Waals surface area contributed by atoms with E-state index in [1.165, 1.54) is 7.11 Å². The molecule has 0 saturated carbocycles. The number of rotatable bonds is 6. The molecule has 2 fully saturated rings. The standard InChI is InChI=1S/C25H32O11/c1-34-15-8-13(6-7-14(15)25-23(33)21(31)19(29)17(10-27)36-25)11-2-4-12(5-3-11)24-22(32)20(30)18(28)16(9-26)35-24/h2-8,16-33H,9-10H2,1H3/t16-,17-,18-,19-,20+,21+,22+,23+,24-,25-/m1/s1. The fourth-order valence-electron chi connectivity index (χ4n) is 4.73. The highest BCUT2D eigenvalue weighted by atomic mass is 16.6. The number of ether oxygens (including phenoxy) is 3. The molecule has 36 heavy (non-hydrogen) atoms. The van der Waals surface area contributed by atoms with E-state index in [0.717, 1.165) is 11.1 Å². The molecule has 10 atom stereocenters. The summed E-state index contributed by atoms with van der Waals surface area (Å²) < 4.78 is 16.7. The van der Waals surface area contributed by atoms with Crippen molar-refractivity contribution in [1.82, 2.24) is 0 Å². The smallest absolute Gasteiger partial charge is 0.125 e. The summed E-state index contributed by atoms with van der Waals surface area (Å²) in [5.74, 6) is 0.356. The van der Waals surface area contributed by atoms with Crippen molar-refractivity contribution in [3.05, 3.63) is 53.6 Å². The maximum Gasteiger partial charge on any atom is 0.125 e. The van der Waals surface area contributed by atoms with Gasteiger partial charge in [0.2, 0.25) is 0 Å². The second-order valence-corrected chi connectivity index (χ2v) is 9.08. The zero-order valence-electron chi connectivity index (χ0n) is 19.5. The summed E-state index contributed by atoms with van der Waals surface area (Å²) in [5, 5.41) is 79.9. The SMILES string of the molecule is COc1cc(-c2ccc([C@H]3O[C@H](CO)[C@@H](O)[C@H](O)[C@@H]3O)cc2)ccc1[C@H]1O[C@H](CO)[C@@H](O)[C@H](O)[C@@H]1O. The van der Waals surface area contributed by atoms with E-state index in [4.69, 9.17) is 14.2 Å². The molecule has 2 aliphatic rings. The monoisotopic (exact) mass is 508 g/mol. The molecule has 2 saturated heterocycles. The lowest BCUT2D eigenvalue weighted by Gasteiger charge is -2.40. The van der Waals surface area contributed by atoms with Gasteiger partial charge in [0.15, 0.2) is 0 Å². The molecule has 8 N–H and O–H groups in total. The first-order valence-electron chi connectivity index (χ1n) is 11.6. The molecular weight excluding hydrogens is 476 g/mol. The molecule has 0 radical (unpaired) electrons. The van der Waals surface area contributed by atoms with Gasteiger partial charge in [0, 0.05) is 5.56 Å². The van der Waals surface area contributed by atoms with E-state index in [1.54, 1.807) is 42.5 Å². The summed E-state index contributed by atoms with van der Waals surface area (Å²) in [5.41, 5.74) is 2.47. The average Bonchev–Trinajstić information content (AvgIpc) is 2.91. The van der Waals surface area contributed by atoms with Gasteiger partial charge >= 0.3 is 0 Å². The van der Waals surface area contributed by atoms with Crippen LogP contribution in [-0.4, -0.2) is 110 Å². The van der Waals surface area contributed by atoms with Crippen LogP contribution in [0, 0.1) is 0 Å². The molecular formula is C25H32O11. The number of aliphatic hydroxyl groups excluding tert-OH is 8. The molecule has 11 heteroatoms. The zero-order valence-corrected chi connectivity index (χ0v) is 19.5. The van der Waals surface area contributed by atoms with Gasteiger partial charge < -0.3 is 55.1 Å². The first kappa shape index (κ1) is 26.9. The summed E-state index contributed by atoms with van der Waals surface area (Å²) >= 11 is 0. The van der Waals surface area contributed by atoms with E-state index in [-0.39, 0.29) is 0 Å². The first-order valence-corrected chi connectivity index (χ1v) is 11.6. The van der Waals surface area contributed by atoms with E-state index in [1.807, 2.05) is 0 Å². The highest BCUT2D eigenvalue weighted by Crippen LogP contribution is 2.39. The third kappa shape index (κ3) is 4.87. The first-order chi connectivity index (χ1) is 17.2. The van der Waals surface area contributed by atoms with Crippen molar-refractivity contribution in [3.63, 3.8) is 0 Å². The summed E-state index contributed by atoms with van der Waals surface area (Å²) in [6.45, 7) is -1.05. The largest absolute Gasteiger partial charge is 0.496 e. The Labute approximate surface area is 207 Å². The summed E-state index contributed by atoms with van der Waals surface area (Å²) in [7, 11) is 1.44. The van der Waals surface area contributed by atoms with Crippen LogP contribution in [0.5, 0.6) is 5.75 Å². The van der Waals surface area contributed by atoms with Gasteiger partial charge in [0.1, 0.15) is 66.8 Å². The number of methoxy groups -OCH3 is 1. The molecule has 0 amide bonds. The molecule has 2 aromatic carbocycles. The van der Waals surface area contributed by atoms with E-state index >= 15 is 0 Å². The lowest BCUT2D eigenvalue weighted by molar-refractivity contribution is -0.232. The Balaban J connectivity index is 1.58. The molecule has 2 heterocycles. The summed E-state index contributed by atoms with van der Waals surface area (Å²) in [4.78, 5) is 0. The predicted molar refractivity (Wildman–Crippen MR) is 124 cm³/mol. The minimum Gasteiger partial charge on any atom is -0.496 e. The van der Waals surface area contributed by atoms with Crippen LogP contribution in [-0.2, 0) is 9.47 Å². The van der Waals surface area contributed by atoms with Gasteiger partial charge in [-0.15, -0.1) is 0 Å². The fourth-order valence-corrected chi connectivity index (χ4v) is 4.73. The van der Waals surface area contributed by atoms with Crippen molar-refractivity contribution in [2.45, 2.75) is 61.0 Å². The third-order valence-corrected chi connectivity index (χ3v) is 6.90. The van der Waals surface area contributed by atoms with Crippen molar-refractivity contribution in [3.8, 4) is 16.9 Å². The van der Waals surface area contributed by atoms with Crippen LogP contribution in [0.25, 0.3) is 11.1 Å². The Morgan fingerprint density at radius 1 is 0.639 bits per heavy atom. The van der Waals surface area contributed by atoms with Crippen molar-refractivity contribution in [2.24, 2.45) is 0 Å². The molecule has 2 aromatic rings. The van der Waals surface area contributed by atoms with Crippen LogP contribution >= 0.6 is 0 Å². The quantitative estimate of drug-likeness (QED) is 0.224. The van der Waals surface area contributed by atoms with Crippen LogP contribution in [0.15, 0.2) is 42.5 Å². The molecule has 0 aliphatic carbocycles. The number of benzene rings is 2. The van der Waals surface area contributed by atoms with Gasteiger partial charge in [-0.2, -0.15) is 0 Å². The molecule has 4 rings (SSSR count). The highest BCUT2D eigenvalue weighted by Gasteiger charge is 2.45. The minimum atomic E-state index is -1.51. The molecule has 198 valence electrons. The number of hydrogen-bond acceptors (Lipinski definition) is 11. The minimum absolute atomic E-state index is 0.356. The van der Waals surface area contributed by atoms with Crippen LogP contribution < -0.4 is 4.74 Å².